The molecule has 0 saturated heterocycles. The number of carboxylic acid groups (broad SMARTS) is 1. The zero-order chi connectivity index (χ0) is 17.3. The van der Waals surface area contributed by atoms with Gasteiger partial charge in [-0.25, -0.2) is 0 Å². The van der Waals surface area contributed by atoms with Gasteiger partial charge in [-0.3, -0.25) is 9.59 Å². The zero-order valence-corrected chi connectivity index (χ0v) is 14.0. The molecule has 136 valence electrons. The van der Waals surface area contributed by atoms with Crippen LogP contribution in [0.1, 0.15) is 38.5 Å². The molecule has 0 aliphatic heterocycles. The Hall–Kier alpha value is -1.22. The number of carbonyl (C=O) groups excluding carboxylic acids is 1. The van der Waals surface area contributed by atoms with Crippen molar-refractivity contribution in [2.75, 3.05) is 39.3 Å². The van der Waals surface area contributed by atoms with E-state index in [-0.39, 0.29) is 18.7 Å². The first-order valence-corrected chi connectivity index (χ1v) is 8.44. The zero-order valence-electron chi connectivity index (χ0n) is 14.0. The van der Waals surface area contributed by atoms with Crippen molar-refractivity contribution in [2.45, 2.75) is 44.6 Å². The van der Waals surface area contributed by atoms with Crippen LogP contribution in [0.4, 0.5) is 0 Å². The van der Waals surface area contributed by atoms with Gasteiger partial charge in [-0.05, 0) is 64.8 Å². The summed E-state index contributed by atoms with van der Waals surface area (Å²) in [5, 5.41) is 17.9. The average molecular weight is 331 g/mol. The smallest absolute Gasteiger partial charge is 0.303 e. The summed E-state index contributed by atoms with van der Waals surface area (Å²) in [6.45, 7) is 5.09. The summed E-state index contributed by atoms with van der Waals surface area (Å²) >= 11 is 0. The third-order valence-electron chi connectivity index (χ3n) is 3.35. The van der Waals surface area contributed by atoms with Crippen molar-refractivity contribution in [1.82, 2.24) is 16.0 Å². The fourth-order valence-corrected chi connectivity index (χ4v) is 1.94. The van der Waals surface area contributed by atoms with Gasteiger partial charge < -0.3 is 32.5 Å². The van der Waals surface area contributed by atoms with Crippen molar-refractivity contribution < 1.29 is 14.7 Å². The van der Waals surface area contributed by atoms with Crippen molar-refractivity contribution in [3.05, 3.63) is 0 Å². The summed E-state index contributed by atoms with van der Waals surface area (Å²) in [7, 11) is 0. The van der Waals surface area contributed by atoms with E-state index >= 15 is 0 Å². The summed E-state index contributed by atoms with van der Waals surface area (Å²) < 4.78 is 0. The predicted molar refractivity (Wildman–Crippen MR) is 91.1 cm³/mol. The van der Waals surface area contributed by atoms with Crippen LogP contribution in [0, 0.1) is 0 Å². The van der Waals surface area contributed by atoms with Crippen LogP contribution in [0.2, 0.25) is 0 Å². The second-order valence-electron chi connectivity index (χ2n) is 5.53. The number of unbranched alkanes of at least 4 members (excludes halogenated alkanes) is 1. The molecule has 0 saturated carbocycles. The minimum atomic E-state index is -0.938. The number of carbonyl (C=O) groups is 2. The lowest BCUT2D eigenvalue weighted by Gasteiger charge is -2.11. The lowest BCUT2D eigenvalue weighted by Crippen LogP contribution is -2.41. The van der Waals surface area contributed by atoms with Gasteiger partial charge in [0, 0.05) is 13.0 Å². The highest BCUT2D eigenvalue weighted by atomic mass is 16.4. The largest absolute Gasteiger partial charge is 0.481 e. The number of hydrogen-bond donors (Lipinski definition) is 6. The summed E-state index contributed by atoms with van der Waals surface area (Å²) in [6.07, 6.45) is 4.17. The Balaban J connectivity index is 3.29. The minimum absolute atomic E-state index is 0.0861. The quantitative estimate of drug-likeness (QED) is 0.199. The Kier molecular flexibility index (Phi) is 14.8. The lowest BCUT2D eigenvalue weighted by molar-refractivity contribution is -0.137. The normalized spacial score (nSPS) is 12.1. The molecule has 0 aromatic heterocycles. The van der Waals surface area contributed by atoms with Crippen molar-refractivity contribution in [3.63, 3.8) is 0 Å². The first-order chi connectivity index (χ1) is 11.1. The Bertz CT molecular complexity index is 315. The minimum Gasteiger partial charge on any atom is -0.481 e. The lowest BCUT2D eigenvalue weighted by atomic mass is 10.1. The van der Waals surface area contributed by atoms with E-state index in [0.29, 0.717) is 6.54 Å². The first kappa shape index (κ1) is 21.8. The molecule has 0 fully saturated rings. The molecule has 1 unspecified atom stereocenters. The third-order valence-corrected chi connectivity index (χ3v) is 3.35. The molecule has 0 radical (unpaired) electrons. The second-order valence-corrected chi connectivity index (χ2v) is 5.53. The number of carboxylic acids is 1. The van der Waals surface area contributed by atoms with Crippen molar-refractivity contribution in [3.8, 4) is 0 Å². The Morgan fingerprint density at radius 1 is 0.913 bits per heavy atom. The van der Waals surface area contributed by atoms with Gasteiger partial charge in [0.15, 0.2) is 0 Å². The maximum absolute atomic E-state index is 11.6. The Morgan fingerprint density at radius 3 is 2.04 bits per heavy atom. The molecule has 8 nitrogen and oxygen atoms in total. The van der Waals surface area contributed by atoms with Gasteiger partial charge >= 0.3 is 5.97 Å². The molecule has 0 aliphatic rings. The number of rotatable bonds is 16. The van der Waals surface area contributed by atoms with Crippen LogP contribution in [0.15, 0.2) is 0 Å². The molecular weight excluding hydrogens is 298 g/mol. The number of nitrogens with one attached hydrogen (secondary N) is 3. The number of amides is 1. The molecule has 0 heterocycles. The molecule has 0 aromatic rings. The summed E-state index contributed by atoms with van der Waals surface area (Å²) in [5.74, 6) is -1.22. The van der Waals surface area contributed by atoms with E-state index in [0.717, 1.165) is 58.4 Å². The maximum atomic E-state index is 11.6. The van der Waals surface area contributed by atoms with E-state index < -0.39 is 12.0 Å². The standard InChI is InChI=1S/C15H33N5O3/c16-7-3-10-18-8-1-2-9-19-11-4-12-20-15(23)13(17)5-6-14(21)22/h13,18-19H,1-12,16-17H2,(H,20,23)(H,21,22). The molecule has 0 rings (SSSR count). The van der Waals surface area contributed by atoms with Crippen LogP contribution in [0.25, 0.3) is 0 Å². The summed E-state index contributed by atoms with van der Waals surface area (Å²) in [5.41, 5.74) is 11.0. The molecule has 0 aromatic carbocycles. The number of hydrogen-bond acceptors (Lipinski definition) is 6. The fourth-order valence-electron chi connectivity index (χ4n) is 1.94. The molecule has 1 amide bonds. The van der Waals surface area contributed by atoms with Crippen LogP contribution in [0.5, 0.6) is 0 Å². The van der Waals surface area contributed by atoms with Gasteiger partial charge in [0.2, 0.25) is 5.91 Å². The molecule has 8 N–H and O–H groups in total. The SMILES string of the molecule is NCCCNCCCCNCCCNC(=O)C(N)CCC(=O)O. The molecular formula is C15H33N5O3. The van der Waals surface area contributed by atoms with Crippen molar-refractivity contribution in [1.29, 1.82) is 0 Å². The average Bonchev–Trinajstić information content (AvgIpc) is 2.53. The molecule has 1 atom stereocenters. The topological polar surface area (TPSA) is 142 Å². The third kappa shape index (κ3) is 15.4. The van der Waals surface area contributed by atoms with Crippen molar-refractivity contribution >= 4 is 11.9 Å². The Morgan fingerprint density at radius 2 is 1.48 bits per heavy atom. The van der Waals surface area contributed by atoms with E-state index in [1.807, 2.05) is 0 Å². The van der Waals surface area contributed by atoms with E-state index in [1.165, 1.54) is 0 Å². The second kappa shape index (κ2) is 15.7. The highest BCUT2D eigenvalue weighted by Crippen LogP contribution is 1.94. The van der Waals surface area contributed by atoms with Gasteiger partial charge in [-0.15, -0.1) is 0 Å². The highest BCUT2D eigenvalue weighted by Gasteiger charge is 2.13. The van der Waals surface area contributed by atoms with Gasteiger partial charge in [-0.1, -0.05) is 0 Å². The van der Waals surface area contributed by atoms with Gasteiger partial charge in [0.25, 0.3) is 0 Å². The Labute approximate surface area is 138 Å². The monoisotopic (exact) mass is 331 g/mol. The first-order valence-electron chi connectivity index (χ1n) is 8.44. The van der Waals surface area contributed by atoms with Crippen molar-refractivity contribution in [2.24, 2.45) is 11.5 Å². The van der Waals surface area contributed by atoms with Gasteiger partial charge in [0.1, 0.15) is 0 Å². The van der Waals surface area contributed by atoms with Crippen LogP contribution in [-0.4, -0.2) is 62.3 Å². The van der Waals surface area contributed by atoms with E-state index in [2.05, 4.69) is 16.0 Å². The van der Waals surface area contributed by atoms with E-state index in [1.54, 1.807) is 0 Å². The molecule has 0 aliphatic carbocycles. The van der Waals surface area contributed by atoms with Gasteiger partial charge in [0.05, 0.1) is 6.04 Å². The predicted octanol–water partition coefficient (Wildman–Crippen LogP) is -1.01. The van der Waals surface area contributed by atoms with Crippen LogP contribution in [0.3, 0.4) is 0 Å². The van der Waals surface area contributed by atoms with Gasteiger partial charge in [-0.2, -0.15) is 0 Å². The van der Waals surface area contributed by atoms with Crippen LogP contribution in [-0.2, 0) is 9.59 Å². The van der Waals surface area contributed by atoms with Crippen LogP contribution < -0.4 is 27.4 Å². The summed E-state index contributed by atoms with van der Waals surface area (Å²) in [4.78, 5) is 22.0. The summed E-state index contributed by atoms with van der Waals surface area (Å²) in [6, 6.07) is -0.745. The molecule has 8 heteroatoms. The van der Waals surface area contributed by atoms with E-state index in [4.69, 9.17) is 16.6 Å². The highest BCUT2D eigenvalue weighted by molar-refractivity contribution is 5.82. The van der Waals surface area contributed by atoms with Crippen LogP contribution >= 0.6 is 0 Å². The number of nitrogens with two attached hydrogens (primary N) is 2. The molecule has 0 spiro atoms. The molecule has 23 heavy (non-hydrogen) atoms. The molecule has 0 bridgehead atoms. The maximum Gasteiger partial charge on any atom is 0.303 e. The fraction of sp³-hybridized carbons (Fsp3) is 0.867. The number of aliphatic carboxylic acids is 1. The van der Waals surface area contributed by atoms with E-state index in [9.17, 15) is 9.59 Å².